The molecule has 0 radical (unpaired) electrons. The molecule has 1 aromatic rings. The van der Waals surface area contributed by atoms with Crippen LogP contribution in [0.15, 0.2) is 24.5 Å². The summed E-state index contributed by atoms with van der Waals surface area (Å²) >= 11 is 0. The van der Waals surface area contributed by atoms with Crippen LogP contribution in [0.4, 0.5) is 5.69 Å². The molecule has 0 aromatic heterocycles. The van der Waals surface area contributed by atoms with Crippen LogP contribution in [-0.2, 0) is 4.74 Å². The van der Waals surface area contributed by atoms with E-state index in [4.69, 9.17) is 4.74 Å². The first-order valence-corrected chi connectivity index (χ1v) is 4.69. The zero-order chi connectivity index (χ0) is 11.3. The van der Waals surface area contributed by atoms with Gasteiger partial charge in [-0.2, -0.15) is 0 Å². The maximum absolute atomic E-state index is 10.7. The van der Waals surface area contributed by atoms with Gasteiger partial charge >= 0.3 is 0 Å². The molecule has 0 aliphatic heterocycles. The van der Waals surface area contributed by atoms with E-state index in [1.807, 2.05) is 19.9 Å². The first-order chi connectivity index (χ1) is 7.16. The van der Waals surface area contributed by atoms with Gasteiger partial charge in [-0.15, -0.1) is 0 Å². The second-order valence-corrected chi connectivity index (χ2v) is 3.02. The van der Waals surface area contributed by atoms with Gasteiger partial charge < -0.3 is 4.74 Å². The Labute approximate surface area is 88.3 Å². The predicted octanol–water partition coefficient (Wildman–Crippen LogP) is 2.91. The minimum Gasteiger partial charge on any atom is -0.501 e. The molecule has 0 amide bonds. The highest BCUT2D eigenvalue weighted by Gasteiger charge is 2.12. The van der Waals surface area contributed by atoms with Crippen LogP contribution in [-0.4, -0.2) is 11.5 Å². The molecule has 0 N–H and O–H groups in total. The van der Waals surface area contributed by atoms with E-state index in [0.717, 1.165) is 5.56 Å². The number of nitro benzene ring substituents is 1. The molecule has 1 aromatic carbocycles. The van der Waals surface area contributed by atoms with Crippen molar-refractivity contribution in [1.82, 2.24) is 0 Å². The monoisotopic (exact) mass is 207 g/mol. The normalized spacial score (nSPS) is 10.5. The van der Waals surface area contributed by atoms with Crippen molar-refractivity contribution in [1.29, 1.82) is 0 Å². The molecule has 0 unspecified atom stereocenters. The summed E-state index contributed by atoms with van der Waals surface area (Å²) in [5.41, 5.74) is 1.56. The summed E-state index contributed by atoms with van der Waals surface area (Å²) in [7, 11) is 0. The van der Waals surface area contributed by atoms with Crippen molar-refractivity contribution in [3.8, 4) is 0 Å². The van der Waals surface area contributed by atoms with Crippen LogP contribution in [0, 0.1) is 17.0 Å². The van der Waals surface area contributed by atoms with Crippen molar-refractivity contribution in [2.45, 2.75) is 13.8 Å². The molecule has 0 aliphatic rings. The lowest BCUT2D eigenvalue weighted by Crippen LogP contribution is -1.93. The lowest BCUT2D eigenvalue weighted by molar-refractivity contribution is -0.385. The summed E-state index contributed by atoms with van der Waals surface area (Å²) < 4.78 is 5.02. The van der Waals surface area contributed by atoms with E-state index in [-0.39, 0.29) is 5.69 Å². The van der Waals surface area contributed by atoms with E-state index < -0.39 is 4.92 Å². The summed E-state index contributed by atoms with van der Waals surface area (Å²) in [6.45, 7) is 4.24. The van der Waals surface area contributed by atoms with Gasteiger partial charge in [0.25, 0.3) is 5.69 Å². The molecule has 0 bridgehead atoms. The number of rotatable bonds is 4. The van der Waals surface area contributed by atoms with Crippen LogP contribution in [0.2, 0.25) is 0 Å². The van der Waals surface area contributed by atoms with Crippen LogP contribution < -0.4 is 0 Å². The summed E-state index contributed by atoms with van der Waals surface area (Å²) in [4.78, 5) is 10.3. The first-order valence-electron chi connectivity index (χ1n) is 4.69. The molecular weight excluding hydrogens is 194 g/mol. The Morgan fingerprint density at radius 2 is 2.27 bits per heavy atom. The molecule has 15 heavy (non-hydrogen) atoms. The summed E-state index contributed by atoms with van der Waals surface area (Å²) in [5, 5.41) is 10.7. The van der Waals surface area contributed by atoms with Crippen molar-refractivity contribution < 1.29 is 9.66 Å². The Balaban J connectivity index is 3.07. The summed E-state index contributed by atoms with van der Waals surface area (Å²) in [5.74, 6) is 0. The van der Waals surface area contributed by atoms with E-state index in [1.54, 1.807) is 12.1 Å². The Hall–Kier alpha value is -1.84. The van der Waals surface area contributed by atoms with Crippen molar-refractivity contribution in [2.75, 3.05) is 6.61 Å². The number of hydrogen-bond donors (Lipinski definition) is 0. The van der Waals surface area contributed by atoms with E-state index in [2.05, 4.69) is 0 Å². The van der Waals surface area contributed by atoms with Crippen molar-refractivity contribution in [3.05, 3.63) is 45.7 Å². The third-order valence-corrected chi connectivity index (χ3v) is 2.00. The maximum Gasteiger partial charge on any atom is 0.276 e. The molecule has 0 atom stereocenters. The molecule has 0 aliphatic carbocycles. The zero-order valence-electron chi connectivity index (χ0n) is 8.77. The fourth-order valence-corrected chi connectivity index (χ4v) is 1.25. The fraction of sp³-hybridized carbons (Fsp3) is 0.273. The molecule has 0 fully saturated rings. The minimum absolute atomic E-state index is 0.103. The Morgan fingerprint density at radius 1 is 1.53 bits per heavy atom. The second kappa shape index (κ2) is 5.14. The van der Waals surface area contributed by atoms with Crippen LogP contribution >= 0.6 is 0 Å². The highest BCUT2D eigenvalue weighted by atomic mass is 16.6. The number of nitrogens with zero attached hydrogens (tertiary/aromatic N) is 1. The molecule has 4 heteroatoms. The number of ether oxygens (including phenoxy) is 1. The molecule has 0 saturated carbocycles. The molecule has 1 rings (SSSR count). The summed E-state index contributed by atoms with van der Waals surface area (Å²) in [6.07, 6.45) is 3.10. The van der Waals surface area contributed by atoms with Crippen molar-refractivity contribution in [3.63, 3.8) is 0 Å². The van der Waals surface area contributed by atoms with E-state index in [9.17, 15) is 10.1 Å². The average molecular weight is 207 g/mol. The minimum atomic E-state index is -0.390. The number of aryl methyl sites for hydroxylation is 1. The molecule has 0 spiro atoms. The van der Waals surface area contributed by atoms with Gasteiger partial charge in [0.2, 0.25) is 0 Å². The lowest BCUT2D eigenvalue weighted by atomic mass is 10.1. The average Bonchev–Trinajstić information content (AvgIpc) is 2.20. The van der Waals surface area contributed by atoms with Gasteiger partial charge in [-0.1, -0.05) is 12.1 Å². The molecule has 80 valence electrons. The van der Waals surface area contributed by atoms with E-state index in [0.29, 0.717) is 12.2 Å². The number of benzene rings is 1. The number of nitro groups is 1. The quantitative estimate of drug-likeness (QED) is 0.433. The zero-order valence-corrected chi connectivity index (χ0v) is 8.77. The molecule has 4 nitrogen and oxygen atoms in total. The Morgan fingerprint density at radius 3 is 2.87 bits per heavy atom. The molecule has 0 heterocycles. The number of hydrogen-bond acceptors (Lipinski definition) is 3. The van der Waals surface area contributed by atoms with Gasteiger partial charge in [-0.05, 0) is 25.5 Å². The smallest absolute Gasteiger partial charge is 0.276 e. The molecule has 0 saturated heterocycles. The molecular formula is C11H13NO3. The highest BCUT2D eigenvalue weighted by molar-refractivity contribution is 5.63. The van der Waals surface area contributed by atoms with Gasteiger partial charge in [0.15, 0.2) is 0 Å². The SMILES string of the molecule is CCOC=Cc1c(C)cccc1[N+](=O)[O-]. The third kappa shape index (κ3) is 2.80. The fourth-order valence-electron chi connectivity index (χ4n) is 1.25. The van der Waals surface area contributed by atoms with E-state index >= 15 is 0 Å². The van der Waals surface area contributed by atoms with Gasteiger partial charge in [0.05, 0.1) is 23.4 Å². The largest absolute Gasteiger partial charge is 0.501 e. The summed E-state index contributed by atoms with van der Waals surface area (Å²) in [6, 6.07) is 4.99. The van der Waals surface area contributed by atoms with Gasteiger partial charge in [0, 0.05) is 6.07 Å². The maximum atomic E-state index is 10.7. The van der Waals surface area contributed by atoms with Crippen LogP contribution in [0.5, 0.6) is 0 Å². The van der Waals surface area contributed by atoms with Gasteiger partial charge in [-0.25, -0.2) is 0 Å². The van der Waals surface area contributed by atoms with Crippen molar-refractivity contribution in [2.24, 2.45) is 0 Å². The lowest BCUT2D eigenvalue weighted by Gasteiger charge is -2.01. The topological polar surface area (TPSA) is 52.4 Å². The second-order valence-electron chi connectivity index (χ2n) is 3.02. The van der Waals surface area contributed by atoms with E-state index in [1.165, 1.54) is 12.3 Å². The third-order valence-electron chi connectivity index (χ3n) is 2.00. The van der Waals surface area contributed by atoms with Crippen LogP contribution in [0.3, 0.4) is 0 Å². The first kappa shape index (κ1) is 11.2. The van der Waals surface area contributed by atoms with Crippen LogP contribution in [0.25, 0.3) is 6.08 Å². The van der Waals surface area contributed by atoms with Crippen molar-refractivity contribution >= 4 is 11.8 Å². The Kier molecular flexibility index (Phi) is 3.85. The standard InChI is InChI=1S/C11H13NO3/c1-3-15-8-7-10-9(2)5-4-6-11(10)12(13)14/h4-8H,3H2,1-2H3. The Bertz CT molecular complexity index is 385. The van der Waals surface area contributed by atoms with Crippen LogP contribution in [0.1, 0.15) is 18.1 Å². The van der Waals surface area contributed by atoms with Gasteiger partial charge in [-0.3, -0.25) is 10.1 Å². The highest BCUT2D eigenvalue weighted by Crippen LogP contribution is 2.23. The predicted molar refractivity (Wildman–Crippen MR) is 58.5 cm³/mol. The van der Waals surface area contributed by atoms with Gasteiger partial charge in [0.1, 0.15) is 0 Å².